The van der Waals surface area contributed by atoms with Gasteiger partial charge < -0.3 is 47.4 Å². The molecule has 0 aromatic carbocycles. The predicted molar refractivity (Wildman–Crippen MR) is 144 cm³/mol. The van der Waals surface area contributed by atoms with Gasteiger partial charge in [-0.1, -0.05) is 13.8 Å². The van der Waals surface area contributed by atoms with Crippen LogP contribution >= 0.6 is 0 Å². The SMILES string of the molecule is CCC(C)C(=O)OCCOCCOCCOCCOCCOCCOCCOCCOCCOCCS(=O)(=O)O. The van der Waals surface area contributed by atoms with Gasteiger partial charge in [-0.2, -0.15) is 8.42 Å². The van der Waals surface area contributed by atoms with Crippen molar-refractivity contribution in [2.75, 3.05) is 131 Å². The van der Waals surface area contributed by atoms with Crippen LogP contribution < -0.4 is 0 Å². The van der Waals surface area contributed by atoms with E-state index in [1.54, 1.807) is 0 Å². The van der Waals surface area contributed by atoms with Crippen molar-refractivity contribution in [3.05, 3.63) is 0 Å². The summed E-state index contributed by atoms with van der Waals surface area (Å²) in [6.07, 6.45) is 0.764. The van der Waals surface area contributed by atoms with E-state index in [2.05, 4.69) is 0 Å². The van der Waals surface area contributed by atoms with E-state index in [0.29, 0.717) is 106 Å². The Kier molecular flexibility index (Phi) is 28.8. The molecular weight excluding hydrogens is 556 g/mol. The fourth-order valence-electron chi connectivity index (χ4n) is 2.54. The molecule has 0 radical (unpaired) electrons. The Morgan fingerprint density at radius 1 is 0.525 bits per heavy atom. The van der Waals surface area contributed by atoms with Gasteiger partial charge in [0.2, 0.25) is 0 Å². The highest BCUT2D eigenvalue weighted by Gasteiger charge is 2.11. The zero-order valence-corrected chi connectivity index (χ0v) is 24.9. The molecule has 14 nitrogen and oxygen atoms in total. The normalized spacial score (nSPS) is 12.6. The minimum atomic E-state index is -3.99. The van der Waals surface area contributed by atoms with Crippen molar-refractivity contribution < 1.29 is 65.1 Å². The second-order valence-electron chi connectivity index (χ2n) is 8.27. The molecule has 0 bridgehead atoms. The van der Waals surface area contributed by atoms with Crippen LogP contribution in [0.15, 0.2) is 0 Å². The maximum absolute atomic E-state index is 11.5. The smallest absolute Gasteiger partial charge is 0.308 e. The number of hydrogen-bond acceptors (Lipinski definition) is 13. The van der Waals surface area contributed by atoms with E-state index in [9.17, 15) is 13.2 Å². The molecule has 1 N–H and O–H groups in total. The third-order valence-electron chi connectivity index (χ3n) is 4.95. The number of carbonyl (C=O) groups excluding carboxylic acids is 1. The third-order valence-corrected chi connectivity index (χ3v) is 5.63. The van der Waals surface area contributed by atoms with E-state index >= 15 is 0 Å². The van der Waals surface area contributed by atoms with Gasteiger partial charge in [0.1, 0.15) is 6.61 Å². The second kappa shape index (κ2) is 29.5. The topological polar surface area (TPSA) is 164 Å². The molecule has 0 saturated carbocycles. The lowest BCUT2D eigenvalue weighted by atomic mass is 10.1. The summed E-state index contributed by atoms with van der Waals surface area (Å²) in [5.41, 5.74) is 0. The Morgan fingerprint density at radius 3 is 1.02 bits per heavy atom. The Balaban J connectivity index is 3.11. The van der Waals surface area contributed by atoms with Gasteiger partial charge in [0, 0.05) is 0 Å². The molecule has 0 aliphatic heterocycles. The Morgan fingerprint density at radius 2 is 0.775 bits per heavy atom. The van der Waals surface area contributed by atoms with E-state index in [4.69, 9.17) is 51.9 Å². The number of ether oxygens (including phenoxy) is 10. The summed E-state index contributed by atoms with van der Waals surface area (Å²) in [4.78, 5) is 11.5. The summed E-state index contributed by atoms with van der Waals surface area (Å²) >= 11 is 0. The van der Waals surface area contributed by atoms with E-state index in [1.165, 1.54) is 0 Å². The molecular formula is C25H50O14S. The van der Waals surface area contributed by atoms with Crippen molar-refractivity contribution in [3.8, 4) is 0 Å². The molecule has 0 fully saturated rings. The number of carbonyl (C=O) groups is 1. The van der Waals surface area contributed by atoms with Crippen molar-refractivity contribution in [3.63, 3.8) is 0 Å². The van der Waals surface area contributed by atoms with E-state index < -0.39 is 15.9 Å². The summed E-state index contributed by atoms with van der Waals surface area (Å²) in [6.45, 7) is 11.2. The molecule has 0 aliphatic carbocycles. The van der Waals surface area contributed by atoms with Gasteiger partial charge in [-0.15, -0.1) is 0 Å². The zero-order valence-electron chi connectivity index (χ0n) is 24.1. The summed E-state index contributed by atoms with van der Waals surface area (Å²) < 4.78 is 82.7. The summed E-state index contributed by atoms with van der Waals surface area (Å²) in [5, 5.41) is 0. The van der Waals surface area contributed by atoms with Crippen LogP contribution in [0.1, 0.15) is 20.3 Å². The lowest BCUT2D eigenvalue weighted by Crippen LogP contribution is -2.18. The standard InChI is InChI=1S/C25H50O14S/c1-3-24(2)25(26)39-21-20-37-17-16-35-13-12-33-9-8-31-5-4-30-6-7-32-10-11-34-14-15-36-18-19-38-22-23-40(27,28)29/h24H,3-23H2,1-2H3,(H,27,28,29). The van der Waals surface area contributed by atoms with Gasteiger partial charge >= 0.3 is 5.97 Å². The first-order valence-corrected chi connectivity index (χ1v) is 15.3. The summed E-state index contributed by atoms with van der Waals surface area (Å²) in [5.74, 6) is -0.700. The quantitative estimate of drug-likeness (QED) is 0.0643. The van der Waals surface area contributed by atoms with E-state index in [-0.39, 0.29) is 31.7 Å². The van der Waals surface area contributed by atoms with Crippen molar-refractivity contribution in [1.82, 2.24) is 0 Å². The molecule has 0 heterocycles. The number of esters is 1. The monoisotopic (exact) mass is 606 g/mol. The van der Waals surface area contributed by atoms with Gasteiger partial charge in [0.25, 0.3) is 10.1 Å². The van der Waals surface area contributed by atoms with Crippen LogP contribution in [0.2, 0.25) is 0 Å². The molecule has 0 aromatic rings. The minimum absolute atomic E-state index is 0.0696. The largest absolute Gasteiger partial charge is 0.463 e. The predicted octanol–water partition coefficient (Wildman–Crippen LogP) is 0.613. The minimum Gasteiger partial charge on any atom is -0.463 e. The van der Waals surface area contributed by atoms with Gasteiger partial charge in [-0.3, -0.25) is 9.35 Å². The second-order valence-corrected chi connectivity index (χ2v) is 9.85. The van der Waals surface area contributed by atoms with Crippen LogP contribution in [0.25, 0.3) is 0 Å². The molecule has 1 unspecified atom stereocenters. The van der Waals surface area contributed by atoms with E-state index in [0.717, 1.165) is 6.42 Å². The van der Waals surface area contributed by atoms with E-state index in [1.807, 2.05) is 13.8 Å². The Hall–Kier alpha value is -0.980. The van der Waals surface area contributed by atoms with Crippen LogP contribution in [-0.4, -0.2) is 150 Å². The van der Waals surface area contributed by atoms with Crippen molar-refractivity contribution >= 4 is 16.1 Å². The summed E-state index contributed by atoms with van der Waals surface area (Å²) in [7, 11) is -3.99. The van der Waals surface area contributed by atoms with Crippen molar-refractivity contribution in [1.29, 1.82) is 0 Å². The molecule has 1 atom stereocenters. The average Bonchev–Trinajstić information content (AvgIpc) is 2.92. The van der Waals surface area contributed by atoms with Crippen LogP contribution in [0.3, 0.4) is 0 Å². The van der Waals surface area contributed by atoms with Crippen molar-refractivity contribution in [2.45, 2.75) is 20.3 Å². The van der Waals surface area contributed by atoms with Gasteiger partial charge in [0.15, 0.2) is 0 Å². The molecule has 0 aliphatic rings. The van der Waals surface area contributed by atoms with Gasteiger partial charge in [-0.25, -0.2) is 0 Å². The van der Waals surface area contributed by atoms with Gasteiger partial charge in [0.05, 0.1) is 131 Å². The molecule has 15 heteroatoms. The highest BCUT2D eigenvalue weighted by Crippen LogP contribution is 2.02. The molecule has 240 valence electrons. The average molecular weight is 607 g/mol. The molecule has 0 spiro atoms. The van der Waals surface area contributed by atoms with Gasteiger partial charge in [-0.05, 0) is 6.42 Å². The number of rotatable bonds is 32. The zero-order chi connectivity index (χ0) is 29.6. The van der Waals surface area contributed by atoms with Crippen LogP contribution in [0.4, 0.5) is 0 Å². The van der Waals surface area contributed by atoms with Crippen LogP contribution in [0.5, 0.6) is 0 Å². The third kappa shape index (κ3) is 31.5. The fourth-order valence-corrected chi connectivity index (χ4v) is 2.86. The molecule has 0 rings (SSSR count). The summed E-state index contributed by atoms with van der Waals surface area (Å²) in [6, 6.07) is 0. The highest BCUT2D eigenvalue weighted by molar-refractivity contribution is 7.85. The molecule has 40 heavy (non-hydrogen) atoms. The first kappa shape index (κ1) is 39.0. The highest BCUT2D eigenvalue weighted by atomic mass is 32.2. The molecule has 0 amide bonds. The van der Waals surface area contributed by atoms with Crippen molar-refractivity contribution in [2.24, 2.45) is 5.92 Å². The maximum atomic E-state index is 11.5. The Labute approximate surface area is 238 Å². The number of hydrogen-bond donors (Lipinski definition) is 1. The fraction of sp³-hybridized carbons (Fsp3) is 0.960. The Bertz CT molecular complexity index is 649. The maximum Gasteiger partial charge on any atom is 0.308 e. The van der Waals surface area contributed by atoms with Crippen LogP contribution in [0, 0.1) is 5.92 Å². The molecule has 0 saturated heterocycles. The lowest BCUT2D eigenvalue weighted by Gasteiger charge is -2.10. The van der Waals surface area contributed by atoms with Crippen LogP contribution in [-0.2, 0) is 62.3 Å². The first-order valence-electron chi connectivity index (χ1n) is 13.7. The lowest BCUT2D eigenvalue weighted by molar-refractivity contribution is -0.149. The first-order chi connectivity index (χ1) is 19.4. The molecule has 0 aromatic heterocycles.